The summed E-state index contributed by atoms with van der Waals surface area (Å²) in [6, 6.07) is -0.198. The van der Waals surface area contributed by atoms with Gasteiger partial charge in [0.1, 0.15) is 17.1 Å². The summed E-state index contributed by atoms with van der Waals surface area (Å²) >= 11 is 0. The molecule has 2 bridgehead atoms. The Balaban J connectivity index is 2.17. The Morgan fingerprint density at radius 3 is 2.71 bits per heavy atom. The number of ketones is 1. The van der Waals surface area contributed by atoms with E-state index >= 15 is 0 Å². The fourth-order valence-corrected chi connectivity index (χ4v) is 2.63. The van der Waals surface area contributed by atoms with Crippen molar-refractivity contribution in [3.05, 3.63) is 0 Å². The maximum atomic E-state index is 12.0. The van der Waals surface area contributed by atoms with E-state index in [0.29, 0.717) is 19.3 Å². The van der Waals surface area contributed by atoms with E-state index in [1.807, 2.05) is 0 Å². The van der Waals surface area contributed by atoms with Crippen LogP contribution < -0.4 is 0 Å². The molecular formula is C12H19NO4. The highest BCUT2D eigenvalue weighted by molar-refractivity contribution is 5.84. The van der Waals surface area contributed by atoms with Crippen LogP contribution in [0.4, 0.5) is 4.79 Å². The molecule has 1 amide bonds. The number of Topliss-reactive ketones (excluding diaryl/α,β-unsaturated/α-hetero) is 1. The molecule has 0 aromatic heterocycles. The van der Waals surface area contributed by atoms with E-state index in [4.69, 9.17) is 4.74 Å². The first-order valence-corrected chi connectivity index (χ1v) is 5.98. The molecule has 2 unspecified atom stereocenters. The molecule has 2 saturated heterocycles. The van der Waals surface area contributed by atoms with Gasteiger partial charge in [-0.05, 0) is 33.6 Å². The molecule has 5 nitrogen and oxygen atoms in total. The van der Waals surface area contributed by atoms with Crippen molar-refractivity contribution in [3.8, 4) is 0 Å². The number of piperidine rings is 1. The summed E-state index contributed by atoms with van der Waals surface area (Å²) in [4.78, 5) is 24.8. The van der Waals surface area contributed by atoms with Crippen LogP contribution >= 0.6 is 0 Å². The predicted molar refractivity (Wildman–Crippen MR) is 60.3 cm³/mol. The number of hydrogen-bond acceptors (Lipinski definition) is 4. The fraction of sp³-hybridized carbons (Fsp3) is 0.833. The summed E-state index contributed by atoms with van der Waals surface area (Å²) in [5, 5.41) is 10.3. The van der Waals surface area contributed by atoms with Crippen molar-refractivity contribution in [2.45, 2.75) is 63.8 Å². The molecule has 2 heterocycles. The summed E-state index contributed by atoms with van der Waals surface area (Å²) < 4.78 is 5.27. The number of rotatable bonds is 0. The van der Waals surface area contributed by atoms with Crippen LogP contribution in [0.3, 0.4) is 0 Å². The van der Waals surface area contributed by atoms with Crippen LogP contribution in [0.2, 0.25) is 0 Å². The van der Waals surface area contributed by atoms with Crippen LogP contribution in [-0.2, 0) is 9.53 Å². The zero-order valence-electron chi connectivity index (χ0n) is 10.5. The Labute approximate surface area is 101 Å². The Hall–Kier alpha value is -1.10. The van der Waals surface area contributed by atoms with E-state index < -0.39 is 17.4 Å². The number of fused-ring (bicyclic) bond motifs is 2. The lowest BCUT2D eigenvalue weighted by Gasteiger charge is -2.40. The largest absolute Gasteiger partial charge is 0.444 e. The molecule has 0 saturated carbocycles. The Morgan fingerprint density at radius 1 is 1.53 bits per heavy atom. The van der Waals surface area contributed by atoms with Gasteiger partial charge in [0.2, 0.25) is 0 Å². The average Bonchev–Trinajstić information content (AvgIpc) is 2.31. The van der Waals surface area contributed by atoms with Gasteiger partial charge in [0.05, 0.1) is 6.42 Å². The highest BCUT2D eigenvalue weighted by Crippen LogP contribution is 2.41. The second kappa shape index (κ2) is 3.70. The second-order valence-electron chi connectivity index (χ2n) is 5.94. The Bertz CT molecular complexity index is 360. The van der Waals surface area contributed by atoms with Crippen LogP contribution in [-0.4, -0.2) is 39.3 Å². The smallest absolute Gasteiger partial charge is 0.412 e. The van der Waals surface area contributed by atoms with Crippen LogP contribution in [0, 0.1) is 0 Å². The monoisotopic (exact) mass is 241 g/mol. The molecule has 0 aromatic carbocycles. The van der Waals surface area contributed by atoms with Crippen molar-refractivity contribution in [2.24, 2.45) is 0 Å². The van der Waals surface area contributed by atoms with Gasteiger partial charge in [-0.3, -0.25) is 9.69 Å². The number of carbonyl (C=O) groups is 2. The molecule has 0 aliphatic carbocycles. The molecule has 1 N–H and O–H groups in total. The zero-order chi connectivity index (χ0) is 12.8. The van der Waals surface area contributed by atoms with Crippen molar-refractivity contribution in [2.75, 3.05) is 0 Å². The van der Waals surface area contributed by atoms with Gasteiger partial charge in [-0.1, -0.05) is 0 Å². The van der Waals surface area contributed by atoms with E-state index in [0.717, 1.165) is 0 Å². The third-order valence-electron chi connectivity index (χ3n) is 3.23. The molecule has 0 spiro atoms. The van der Waals surface area contributed by atoms with Crippen LogP contribution in [0.5, 0.6) is 0 Å². The van der Waals surface area contributed by atoms with Gasteiger partial charge in [0, 0.05) is 12.5 Å². The summed E-state index contributed by atoms with van der Waals surface area (Å²) in [5.41, 5.74) is -1.91. The molecule has 2 aliphatic rings. The summed E-state index contributed by atoms with van der Waals surface area (Å²) in [7, 11) is 0. The normalized spacial score (nSPS) is 32.8. The van der Waals surface area contributed by atoms with Gasteiger partial charge in [0.15, 0.2) is 0 Å². The molecule has 0 radical (unpaired) electrons. The third-order valence-corrected chi connectivity index (χ3v) is 3.23. The molecule has 2 rings (SSSR count). The van der Waals surface area contributed by atoms with Gasteiger partial charge in [-0.15, -0.1) is 0 Å². The lowest BCUT2D eigenvalue weighted by molar-refractivity contribution is -0.145. The third kappa shape index (κ3) is 2.29. The van der Waals surface area contributed by atoms with Crippen molar-refractivity contribution >= 4 is 11.9 Å². The van der Waals surface area contributed by atoms with Crippen molar-refractivity contribution in [1.29, 1.82) is 0 Å². The number of carbonyl (C=O) groups excluding carboxylic acids is 2. The maximum absolute atomic E-state index is 12.0. The molecule has 5 heteroatoms. The van der Waals surface area contributed by atoms with Gasteiger partial charge in [-0.25, -0.2) is 4.79 Å². The Kier molecular flexibility index (Phi) is 2.69. The summed E-state index contributed by atoms with van der Waals surface area (Å²) in [6.07, 6.45) is 0.976. The van der Waals surface area contributed by atoms with Crippen molar-refractivity contribution in [1.82, 2.24) is 4.90 Å². The van der Waals surface area contributed by atoms with Gasteiger partial charge < -0.3 is 9.84 Å². The highest BCUT2D eigenvalue weighted by Gasteiger charge is 2.54. The molecular weight excluding hydrogens is 222 g/mol. The van der Waals surface area contributed by atoms with Crippen LogP contribution in [0.15, 0.2) is 0 Å². The average molecular weight is 241 g/mol. The molecule has 17 heavy (non-hydrogen) atoms. The van der Waals surface area contributed by atoms with Crippen molar-refractivity contribution < 1.29 is 19.4 Å². The highest BCUT2D eigenvalue weighted by atomic mass is 16.6. The van der Waals surface area contributed by atoms with Crippen LogP contribution in [0.25, 0.3) is 0 Å². The van der Waals surface area contributed by atoms with Gasteiger partial charge >= 0.3 is 6.09 Å². The summed E-state index contributed by atoms with van der Waals surface area (Å²) in [5.74, 6) is 0.0230. The zero-order valence-corrected chi connectivity index (χ0v) is 10.5. The lowest BCUT2D eigenvalue weighted by atomic mass is 9.99. The number of ether oxygens (including phenoxy) is 1. The first-order valence-electron chi connectivity index (χ1n) is 5.98. The van der Waals surface area contributed by atoms with Gasteiger partial charge in [-0.2, -0.15) is 0 Å². The summed E-state index contributed by atoms with van der Waals surface area (Å²) in [6.45, 7) is 5.35. The number of aliphatic hydroxyl groups is 1. The molecule has 2 fully saturated rings. The number of nitrogens with zero attached hydrogens (tertiary/aromatic N) is 1. The fourth-order valence-electron chi connectivity index (χ4n) is 2.63. The molecule has 96 valence electrons. The van der Waals surface area contributed by atoms with E-state index in [-0.39, 0.29) is 18.2 Å². The minimum absolute atomic E-state index is 0.0230. The van der Waals surface area contributed by atoms with Crippen molar-refractivity contribution in [3.63, 3.8) is 0 Å². The van der Waals surface area contributed by atoms with E-state index in [1.165, 1.54) is 4.90 Å². The van der Waals surface area contributed by atoms with Gasteiger partial charge in [0.25, 0.3) is 0 Å². The predicted octanol–water partition coefficient (Wildman–Crippen LogP) is 1.44. The maximum Gasteiger partial charge on any atom is 0.412 e. The van der Waals surface area contributed by atoms with E-state index in [2.05, 4.69) is 0 Å². The lowest BCUT2D eigenvalue weighted by Crippen LogP contribution is -2.56. The van der Waals surface area contributed by atoms with Crippen LogP contribution in [0.1, 0.15) is 46.5 Å². The second-order valence-corrected chi connectivity index (χ2v) is 5.94. The minimum atomic E-state index is -1.32. The van der Waals surface area contributed by atoms with E-state index in [1.54, 1.807) is 20.8 Å². The SMILES string of the molecule is CC(C)(C)OC(=O)N1C2CCC1(O)CC(=O)C2. The molecule has 2 atom stereocenters. The number of hydrogen-bond donors (Lipinski definition) is 1. The topological polar surface area (TPSA) is 66.8 Å². The Morgan fingerprint density at radius 2 is 2.18 bits per heavy atom. The quantitative estimate of drug-likeness (QED) is 0.696. The van der Waals surface area contributed by atoms with E-state index in [9.17, 15) is 14.7 Å². The molecule has 0 aromatic rings. The first-order chi connectivity index (χ1) is 7.71. The minimum Gasteiger partial charge on any atom is -0.444 e. The number of amides is 1. The standard InChI is InChI=1S/C12H19NO4/c1-11(2,3)17-10(15)13-8-4-5-12(13,16)7-9(14)6-8/h8,16H,4-7H2,1-3H3. The first kappa shape index (κ1) is 12.4. The molecule has 2 aliphatic heterocycles.